The maximum absolute atomic E-state index is 13.2. The van der Waals surface area contributed by atoms with Crippen LogP contribution in [-0.4, -0.2) is 10.5 Å². The van der Waals surface area contributed by atoms with Gasteiger partial charge in [0.2, 0.25) is 0 Å². The van der Waals surface area contributed by atoms with Crippen LogP contribution in [0.15, 0.2) is 18.2 Å². The van der Waals surface area contributed by atoms with Gasteiger partial charge in [-0.1, -0.05) is 26.8 Å². The zero-order valence-corrected chi connectivity index (χ0v) is 11.2. The van der Waals surface area contributed by atoms with Crippen molar-refractivity contribution < 1.29 is 4.39 Å². The molecule has 1 atom stereocenters. The fraction of sp³-hybridized carbons (Fsp3) is 0.538. The van der Waals surface area contributed by atoms with Gasteiger partial charge < -0.3 is 5.73 Å². The number of benzene rings is 1. The summed E-state index contributed by atoms with van der Waals surface area (Å²) < 4.78 is 13.4. The summed E-state index contributed by atoms with van der Waals surface area (Å²) in [7, 11) is 0. The SMILES string of the molecule is Cc1cc(F)cc(C(N)CSC(C)(C)C)c1. The highest BCUT2D eigenvalue weighted by atomic mass is 32.2. The van der Waals surface area contributed by atoms with Gasteiger partial charge in [-0.2, -0.15) is 11.8 Å². The number of hydrogen-bond donors (Lipinski definition) is 1. The predicted molar refractivity (Wildman–Crippen MR) is 70.3 cm³/mol. The first-order chi connectivity index (χ1) is 7.28. The van der Waals surface area contributed by atoms with E-state index in [1.807, 2.05) is 13.0 Å². The van der Waals surface area contributed by atoms with Crippen LogP contribution in [0.1, 0.15) is 37.9 Å². The Labute approximate surface area is 102 Å². The van der Waals surface area contributed by atoms with E-state index in [2.05, 4.69) is 20.8 Å². The van der Waals surface area contributed by atoms with E-state index in [9.17, 15) is 4.39 Å². The molecular formula is C13H20FNS. The van der Waals surface area contributed by atoms with Crippen molar-refractivity contribution >= 4 is 11.8 Å². The summed E-state index contributed by atoms with van der Waals surface area (Å²) in [6.45, 7) is 8.35. The molecule has 0 fully saturated rings. The fourth-order valence-corrected chi connectivity index (χ4v) is 2.29. The molecule has 0 amide bonds. The van der Waals surface area contributed by atoms with Crippen LogP contribution < -0.4 is 5.73 Å². The second-order valence-electron chi connectivity index (χ2n) is 5.09. The summed E-state index contributed by atoms with van der Waals surface area (Å²) in [4.78, 5) is 0. The minimum absolute atomic E-state index is 0.0985. The minimum atomic E-state index is -0.203. The third-order valence-electron chi connectivity index (χ3n) is 2.19. The van der Waals surface area contributed by atoms with Gasteiger partial charge in [-0.05, 0) is 30.2 Å². The van der Waals surface area contributed by atoms with Crippen LogP contribution in [0.3, 0.4) is 0 Å². The van der Waals surface area contributed by atoms with Gasteiger partial charge >= 0.3 is 0 Å². The molecule has 0 aromatic heterocycles. The number of thioether (sulfide) groups is 1. The van der Waals surface area contributed by atoms with Crippen molar-refractivity contribution in [1.82, 2.24) is 0 Å². The van der Waals surface area contributed by atoms with Crippen LogP contribution in [-0.2, 0) is 0 Å². The Morgan fingerprint density at radius 1 is 1.31 bits per heavy atom. The van der Waals surface area contributed by atoms with E-state index in [4.69, 9.17) is 5.73 Å². The first-order valence-electron chi connectivity index (χ1n) is 5.44. The largest absolute Gasteiger partial charge is 0.323 e. The van der Waals surface area contributed by atoms with E-state index < -0.39 is 0 Å². The molecule has 90 valence electrons. The molecule has 0 bridgehead atoms. The van der Waals surface area contributed by atoms with Crippen LogP contribution in [0.25, 0.3) is 0 Å². The lowest BCUT2D eigenvalue weighted by Crippen LogP contribution is -2.18. The minimum Gasteiger partial charge on any atom is -0.323 e. The number of aryl methyl sites for hydroxylation is 1. The molecule has 1 rings (SSSR count). The topological polar surface area (TPSA) is 26.0 Å². The van der Waals surface area contributed by atoms with Gasteiger partial charge in [0, 0.05) is 16.5 Å². The van der Waals surface area contributed by atoms with Crippen LogP contribution in [0, 0.1) is 12.7 Å². The average molecular weight is 241 g/mol. The zero-order chi connectivity index (χ0) is 12.3. The molecule has 0 saturated carbocycles. The summed E-state index contributed by atoms with van der Waals surface area (Å²) in [5.74, 6) is 0.609. The van der Waals surface area contributed by atoms with Crippen LogP contribution in [0.5, 0.6) is 0 Å². The molecule has 0 saturated heterocycles. The lowest BCUT2D eigenvalue weighted by Gasteiger charge is -2.21. The van der Waals surface area contributed by atoms with Gasteiger partial charge in [-0.3, -0.25) is 0 Å². The van der Waals surface area contributed by atoms with Crippen molar-refractivity contribution in [1.29, 1.82) is 0 Å². The summed E-state index contributed by atoms with van der Waals surface area (Å²) in [5.41, 5.74) is 7.86. The summed E-state index contributed by atoms with van der Waals surface area (Å²) in [6, 6.07) is 4.91. The van der Waals surface area contributed by atoms with Crippen LogP contribution in [0.2, 0.25) is 0 Å². The van der Waals surface area contributed by atoms with Crippen molar-refractivity contribution in [3.8, 4) is 0 Å². The molecule has 0 radical (unpaired) electrons. The van der Waals surface area contributed by atoms with Crippen molar-refractivity contribution in [2.24, 2.45) is 5.73 Å². The van der Waals surface area contributed by atoms with E-state index in [1.54, 1.807) is 11.8 Å². The average Bonchev–Trinajstić information content (AvgIpc) is 2.11. The van der Waals surface area contributed by atoms with Crippen LogP contribution >= 0.6 is 11.8 Å². The van der Waals surface area contributed by atoms with Crippen LogP contribution in [0.4, 0.5) is 4.39 Å². The summed E-state index contributed by atoms with van der Waals surface area (Å²) in [6.07, 6.45) is 0. The number of halogens is 1. The first-order valence-corrected chi connectivity index (χ1v) is 6.43. The Hall–Kier alpha value is -0.540. The molecule has 0 aliphatic rings. The van der Waals surface area contributed by atoms with E-state index in [1.165, 1.54) is 12.1 Å². The number of nitrogens with two attached hydrogens (primary N) is 1. The first kappa shape index (κ1) is 13.5. The van der Waals surface area contributed by atoms with Gasteiger partial charge in [0.15, 0.2) is 0 Å². The molecule has 1 aromatic carbocycles. The molecule has 0 aliphatic heterocycles. The van der Waals surface area contributed by atoms with E-state index in [0.717, 1.165) is 16.9 Å². The second-order valence-corrected chi connectivity index (χ2v) is 6.94. The molecule has 0 heterocycles. The van der Waals surface area contributed by atoms with Gasteiger partial charge in [-0.25, -0.2) is 4.39 Å². The third-order valence-corrected chi connectivity index (χ3v) is 3.58. The lowest BCUT2D eigenvalue weighted by molar-refractivity contribution is 0.621. The highest BCUT2D eigenvalue weighted by molar-refractivity contribution is 8.00. The maximum atomic E-state index is 13.2. The fourth-order valence-electron chi connectivity index (χ4n) is 1.41. The Kier molecular flexibility index (Phi) is 4.39. The summed E-state index contributed by atoms with van der Waals surface area (Å²) >= 11 is 1.80. The van der Waals surface area contributed by atoms with Gasteiger partial charge in [-0.15, -0.1) is 0 Å². The Morgan fingerprint density at radius 2 is 1.94 bits per heavy atom. The highest BCUT2D eigenvalue weighted by Gasteiger charge is 2.15. The molecule has 1 unspecified atom stereocenters. The van der Waals surface area contributed by atoms with E-state index in [-0.39, 0.29) is 16.6 Å². The quantitative estimate of drug-likeness (QED) is 0.874. The molecule has 0 aliphatic carbocycles. The second kappa shape index (κ2) is 5.19. The molecule has 2 N–H and O–H groups in total. The monoisotopic (exact) mass is 241 g/mol. The molecular weight excluding hydrogens is 221 g/mol. The van der Waals surface area contributed by atoms with Crippen molar-refractivity contribution in [3.63, 3.8) is 0 Å². The highest BCUT2D eigenvalue weighted by Crippen LogP contribution is 2.27. The van der Waals surface area contributed by atoms with E-state index >= 15 is 0 Å². The Bertz CT molecular complexity index is 337. The summed E-state index contributed by atoms with van der Waals surface area (Å²) in [5, 5.41) is 0. The zero-order valence-electron chi connectivity index (χ0n) is 10.4. The van der Waals surface area contributed by atoms with Crippen molar-refractivity contribution in [2.45, 2.75) is 38.5 Å². The molecule has 16 heavy (non-hydrogen) atoms. The van der Waals surface area contributed by atoms with Gasteiger partial charge in [0.25, 0.3) is 0 Å². The molecule has 1 aromatic rings. The van der Waals surface area contributed by atoms with Crippen molar-refractivity contribution in [3.05, 3.63) is 35.1 Å². The predicted octanol–water partition coefficient (Wildman–Crippen LogP) is 3.67. The maximum Gasteiger partial charge on any atom is 0.123 e. The smallest absolute Gasteiger partial charge is 0.123 e. The molecule has 0 spiro atoms. The Morgan fingerprint density at radius 3 is 2.44 bits per heavy atom. The normalized spacial score (nSPS) is 13.9. The Balaban J connectivity index is 2.69. The number of hydrogen-bond acceptors (Lipinski definition) is 2. The standard InChI is InChI=1S/C13H20FNS/c1-9-5-10(7-11(14)6-9)12(15)8-16-13(2,3)4/h5-7,12H,8,15H2,1-4H3. The van der Waals surface area contributed by atoms with Crippen molar-refractivity contribution in [2.75, 3.05) is 5.75 Å². The third kappa shape index (κ3) is 4.54. The van der Waals surface area contributed by atoms with E-state index in [0.29, 0.717) is 0 Å². The molecule has 1 nitrogen and oxygen atoms in total. The van der Waals surface area contributed by atoms with Gasteiger partial charge in [0.1, 0.15) is 5.82 Å². The van der Waals surface area contributed by atoms with Gasteiger partial charge in [0.05, 0.1) is 0 Å². The number of rotatable bonds is 3. The lowest BCUT2D eigenvalue weighted by atomic mass is 10.1. The molecule has 3 heteroatoms.